The first-order valence-corrected chi connectivity index (χ1v) is 8.16. The lowest BCUT2D eigenvalue weighted by Gasteiger charge is -2.23. The molecule has 1 unspecified atom stereocenters. The Hall–Kier alpha value is -2.40. The van der Waals surface area contributed by atoms with E-state index in [1.54, 1.807) is 11.0 Å². The van der Waals surface area contributed by atoms with Crippen LogP contribution >= 0.6 is 11.6 Å². The molecule has 24 heavy (non-hydrogen) atoms. The molecule has 3 rings (SSSR count). The van der Waals surface area contributed by atoms with Gasteiger partial charge in [-0.2, -0.15) is 0 Å². The Morgan fingerprint density at radius 3 is 2.79 bits per heavy atom. The second-order valence-electron chi connectivity index (χ2n) is 5.62. The van der Waals surface area contributed by atoms with Crippen LogP contribution in [0.2, 0.25) is 5.15 Å². The summed E-state index contributed by atoms with van der Waals surface area (Å²) in [5.74, 6) is -0.594. The molecule has 1 aliphatic heterocycles. The predicted octanol–water partition coefficient (Wildman–Crippen LogP) is 3.08. The molecule has 0 spiro atoms. The van der Waals surface area contributed by atoms with Crippen molar-refractivity contribution in [3.05, 3.63) is 64.9 Å². The molecule has 0 bridgehead atoms. The van der Waals surface area contributed by atoms with Gasteiger partial charge in [-0.25, -0.2) is 9.78 Å². The quantitative estimate of drug-likeness (QED) is 0.631. The number of halogens is 1. The van der Waals surface area contributed by atoms with Gasteiger partial charge in [0.2, 0.25) is 0 Å². The largest absolute Gasteiger partial charge is 0.459 e. The maximum absolute atomic E-state index is 12.6. The van der Waals surface area contributed by atoms with Crippen LogP contribution in [0.3, 0.4) is 0 Å². The Labute approximate surface area is 145 Å². The normalized spacial score (nSPS) is 16.9. The molecule has 2 aromatic rings. The van der Waals surface area contributed by atoms with Gasteiger partial charge < -0.3 is 9.64 Å². The Morgan fingerprint density at radius 1 is 1.25 bits per heavy atom. The highest BCUT2D eigenvalue weighted by Crippen LogP contribution is 2.22. The lowest BCUT2D eigenvalue weighted by molar-refractivity contribution is -0.149. The van der Waals surface area contributed by atoms with E-state index in [1.165, 1.54) is 12.3 Å². The van der Waals surface area contributed by atoms with Gasteiger partial charge in [-0.3, -0.25) is 4.79 Å². The molecule has 0 saturated carbocycles. The standard InChI is InChI=1S/C18H17ClN2O3/c19-16-11-14(8-9-20-16)17(22)21-10-4-7-15(21)18(23)24-12-13-5-2-1-3-6-13/h1-3,5-6,8-9,11,15H,4,7,10,12H2. The zero-order valence-electron chi connectivity index (χ0n) is 13.0. The van der Waals surface area contributed by atoms with Gasteiger partial charge in [-0.05, 0) is 30.5 Å². The van der Waals surface area contributed by atoms with Crippen molar-refractivity contribution in [1.82, 2.24) is 9.88 Å². The number of rotatable bonds is 4. The van der Waals surface area contributed by atoms with Gasteiger partial charge in [0, 0.05) is 18.3 Å². The van der Waals surface area contributed by atoms with Gasteiger partial charge >= 0.3 is 5.97 Å². The number of ether oxygens (including phenoxy) is 1. The molecular weight excluding hydrogens is 328 g/mol. The Bertz CT molecular complexity index is 736. The summed E-state index contributed by atoms with van der Waals surface area (Å²) in [6.07, 6.45) is 2.86. The van der Waals surface area contributed by atoms with Crippen molar-refractivity contribution in [1.29, 1.82) is 0 Å². The molecule has 1 amide bonds. The molecule has 6 heteroatoms. The minimum atomic E-state index is -0.548. The molecule has 5 nitrogen and oxygen atoms in total. The first kappa shape index (κ1) is 16.5. The van der Waals surface area contributed by atoms with Crippen LogP contribution in [0.4, 0.5) is 0 Å². The first-order valence-electron chi connectivity index (χ1n) is 7.78. The molecular formula is C18H17ClN2O3. The lowest BCUT2D eigenvalue weighted by atomic mass is 10.2. The molecule has 0 radical (unpaired) electrons. The minimum absolute atomic E-state index is 0.208. The fourth-order valence-electron chi connectivity index (χ4n) is 2.78. The number of carbonyl (C=O) groups is 2. The van der Waals surface area contributed by atoms with E-state index in [4.69, 9.17) is 16.3 Å². The summed E-state index contributed by atoms with van der Waals surface area (Å²) in [7, 11) is 0. The number of esters is 1. The number of nitrogens with zero attached hydrogens (tertiary/aromatic N) is 2. The van der Waals surface area contributed by atoms with Gasteiger partial charge in [-0.15, -0.1) is 0 Å². The summed E-state index contributed by atoms with van der Waals surface area (Å²) in [5.41, 5.74) is 1.35. The second kappa shape index (κ2) is 7.45. The number of likely N-dealkylation sites (tertiary alicyclic amines) is 1. The van der Waals surface area contributed by atoms with Crippen molar-refractivity contribution in [2.24, 2.45) is 0 Å². The molecule has 1 aromatic carbocycles. The van der Waals surface area contributed by atoms with Crippen molar-refractivity contribution < 1.29 is 14.3 Å². The Balaban J connectivity index is 1.66. The van der Waals surface area contributed by atoms with Crippen molar-refractivity contribution in [3.63, 3.8) is 0 Å². The highest BCUT2D eigenvalue weighted by molar-refractivity contribution is 6.29. The number of hydrogen-bond donors (Lipinski definition) is 0. The van der Waals surface area contributed by atoms with E-state index in [2.05, 4.69) is 4.98 Å². The van der Waals surface area contributed by atoms with Gasteiger partial charge in [0.05, 0.1) is 0 Å². The zero-order chi connectivity index (χ0) is 16.9. The molecule has 1 aliphatic rings. The van der Waals surface area contributed by atoms with Crippen LogP contribution in [0, 0.1) is 0 Å². The summed E-state index contributed by atoms with van der Waals surface area (Å²) in [5, 5.41) is 0.253. The molecule has 1 saturated heterocycles. The number of hydrogen-bond acceptors (Lipinski definition) is 4. The number of pyridine rings is 1. The van der Waals surface area contributed by atoms with Crippen molar-refractivity contribution in [2.45, 2.75) is 25.5 Å². The van der Waals surface area contributed by atoms with Crippen LogP contribution in [0.25, 0.3) is 0 Å². The van der Waals surface area contributed by atoms with Crippen molar-refractivity contribution >= 4 is 23.5 Å². The van der Waals surface area contributed by atoms with Crippen molar-refractivity contribution in [2.75, 3.05) is 6.54 Å². The summed E-state index contributed by atoms with van der Waals surface area (Å²) in [6.45, 7) is 0.739. The third kappa shape index (κ3) is 3.74. The summed E-state index contributed by atoms with van der Waals surface area (Å²) < 4.78 is 5.38. The zero-order valence-corrected chi connectivity index (χ0v) is 13.8. The average Bonchev–Trinajstić information content (AvgIpc) is 3.09. The number of amides is 1. The van der Waals surface area contributed by atoms with Crippen LogP contribution in [-0.2, 0) is 16.1 Å². The summed E-state index contributed by atoms with van der Waals surface area (Å²) in [6, 6.07) is 12.0. The van der Waals surface area contributed by atoms with E-state index < -0.39 is 6.04 Å². The molecule has 1 aromatic heterocycles. The smallest absolute Gasteiger partial charge is 0.329 e. The predicted molar refractivity (Wildman–Crippen MR) is 89.5 cm³/mol. The van der Waals surface area contributed by atoms with E-state index in [1.807, 2.05) is 30.3 Å². The van der Waals surface area contributed by atoms with E-state index in [0.717, 1.165) is 12.0 Å². The summed E-state index contributed by atoms with van der Waals surface area (Å²) >= 11 is 5.84. The Kier molecular flexibility index (Phi) is 5.11. The number of benzene rings is 1. The SMILES string of the molecule is O=C(OCc1ccccc1)C1CCCN1C(=O)c1ccnc(Cl)c1. The van der Waals surface area contributed by atoms with Crippen LogP contribution in [0.15, 0.2) is 48.7 Å². The van der Waals surface area contributed by atoms with Gasteiger partial charge in [-0.1, -0.05) is 41.9 Å². The van der Waals surface area contributed by atoms with E-state index >= 15 is 0 Å². The first-order chi connectivity index (χ1) is 11.6. The third-order valence-electron chi connectivity index (χ3n) is 3.98. The van der Waals surface area contributed by atoms with Crippen molar-refractivity contribution in [3.8, 4) is 0 Å². The third-order valence-corrected chi connectivity index (χ3v) is 4.19. The van der Waals surface area contributed by atoms with Crippen LogP contribution in [-0.4, -0.2) is 34.3 Å². The topological polar surface area (TPSA) is 59.5 Å². The van der Waals surface area contributed by atoms with Gasteiger partial charge in [0.1, 0.15) is 17.8 Å². The van der Waals surface area contributed by atoms with E-state index in [-0.39, 0.29) is 23.6 Å². The molecule has 1 fully saturated rings. The Morgan fingerprint density at radius 2 is 2.04 bits per heavy atom. The number of aromatic nitrogens is 1. The van der Waals surface area contributed by atoms with Crippen LogP contribution in [0.5, 0.6) is 0 Å². The maximum Gasteiger partial charge on any atom is 0.329 e. The molecule has 0 N–H and O–H groups in total. The lowest BCUT2D eigenvalue weighted by Crippen LogP contribution is -2.41. The van der Waals surface area contributed by atoms with E-state index in [0.29, 0.717) is 18.5 Å². The highest BCUT2D eigenvalue weighted by Gasteiger charge is 2.35. The van der Waals surface area contributed by atoms with Crippen LogP contribution < -0.4 is 0 Å². The number of carbonyl (C=O) groups excluding carboxylic acids is 2. The molecule has 2 heterocycles. The fourth-order valence-corrected chi connectivity index (χ4v) is 2.95. The van der Waals surface area contributed by atoms with E-state index in [9.17, 15) is 9.59 Å². The molecule has 1 atom stereocenters. The molecule has 124 valence electrons. The van der Waals surface area contributed by atoms with Gasteiger partial charge in [0.25, 0.3) is 5.91 Å². The second-order valence-corrected chi connectivity index (χ2v) is 6.00. The summed E-state index contributed by atoms with van der Waals surface area (Å²) in [4.78, 5) is 30.4. The fraction of sp³-hybridized carbons (Fsp3) is 0.278. The molecule has 0 aliphatic carbocycles. The van der Waals surface area contributed by atoms with Crippen LogP contribution in [0.1, 0.15) is 28.8 Å². The maximum atomic E-state index is 12.6. The average molecular weight is 345 g/mol. The minimum Gasteiger partial charge on any atom is -0.459 e. The van der Waals surface area contributed by atoms with Gasteiger partial charge in [0.15, 0.2) is 0 Å². The highest BCUT2D eigenvalue weighted by atomic mass is 35.5. The monoisotopic (exact) mass is 344 g/mol.